The van der Waals surface area contributed by atoms with Gasteiger partial charge in [-0.15, -0.1) is 0 Å². The van der Waals surface area contributed by atoms with Gasteiger partial charge in [-0.3, -0.25) is 0 Å². The maximum Gasteiger partial charge on any atom is 0.322 e. The number of rotatable bonds is 5. The minimum atomic E-state index is 0.389. The van der Waals surface area contributed by atoms with E-state index in [0.717, 1.165) is 16.9 Å². The molecule has 0 bridgehead atoms. The molecule has 3 aromatic rings. The van der Waals surface area contributed by atoms with E-state index in [1.165, 1.54) is 0 Å². The van der Waals surface area contributed by atoms with Crippen molar-refractivity contribution < 1.29 is 9.26 Å². The Morgan fingerprint density at radius 1 is 1.05 bits per heavy atom. The molecule has 5 nitrogen and oxygen atoms in total. The summed E-state index contributed by atoms with van der Waals surface area (Å²) >= 11 is 0. The lowest BCUT2D eigenvalue weighted by atomic mass is 10.2. The van der Waals surface area contributed by atoms with Crippen molar-refractivity contribution in [3.63, 3.8) is 0 Å². The Balaban J connectivity index is 1.71. The van der Waals surface area contributed by atoms with E-state index in [2.05, 4.69) is 15.5 Å². The van der Waals surface area contributed by atoms with Crippen LogP contribution in [0.25, 0.3) is 11.4 Å². The summed E-state index contributed by atoms with van der Waals surface area (Å²) in [4.78, 5) is 4.32. The fourth-order valence-electron chi connectivity index (χ4n) is 2.02. The van der Waals surface area contributed by atoms with Crippen LogP contribution in [0.4, 0.5) is 6.01 Å². The molecule has 0 radical (unpaired) electrons. The minimum Gasteiger partial charge on any atom is -0.496 e. The predicted molar refractivity (Wildman–Crippen MR) is 80.1 cm³/mol. The van der Waals surface area contributed by atoms with Crippen LogP contribution in [0, 0.1) is 0 Å². The summed E-state index contributed by atoms with van der Waals surface area (Å²) in [6, 6.07) is 17.9. The summed E-state index contributed by atoms with van der Waals surface area (Å²) in [7, 11) is 1.65. The number of para-hydroxylation sites is 1. The molecule has 0 saturated heterocycles. The van der Waals surface area contributed by atoms with Crippen molar-refractivity contribution in [1.82, 2.24) is 10.1 Å². The second kappa shape index (κ2) is 6.09. The molecule has 0 spiro atoms. The number of hydrogen-bond acceptors (Lipinski definition) is 5. The van der Waals surface area contributed by atoms with Crippen molar-refractivity contribution in [2.75, 3.05) is 12.4 Å². The monoisotopic (exact) mass is 281 g/mol. The Hall–Kier alpha value is -2.82. The Morgan fingerprint density at radius 3 is 2.62 bits per heavy atom. The Labute approximate surface area is 122 Å². The van der Waals surface area contributed by atoms with Gasteiger partial charge in [0.15, 0.2) is 0 Å². The second-order valence-electron chi connectivity index (χ2n) is 4.45. The summed E-state index contributed by atoms with van der Waals surface area (Å²) in [5.74, 6) is 1.39. The predicted octanol–water partition coefficient (Wildman–Crippen LogP) is 3.36. The highest BCUT2D eigenvalue weighted by molar-refractivity contribution is 5.55. The van der Waals surface area contributed by atoms with Gasteiger partial charge in [-0.05, 0) is 6.07 Å². The molecule has 1 N–H and O–H groups in total. The maximum atomic E-state index is 5.30. The fourth-order valence-corrected chi connectivity index (χ4v) is 2.02. The summed E-state index contributed by atoms with van der Waals surface area (Å²) in [6.07, 6.45) is 0. The van der Waals surface area contributed by atoms with Crippen molar-refractivity contribution in [2.24, 2.45) is 0 Å². The summed E-state index contributed by atoms with van der Waals surface area (Å²) in [6.45, 7) is 0.556. The van der Waals surface area contributed by atoms with E-state index in [1.54, 1.807) is 7.11 Å². The van der Waals surface area contributed by atoms with Gasteiger partial charge in [0, 0.05) is 17.7 Å². The van der Waals surface area contributed by atoms with Crippen molar-refractivity contribution in [2.45, 2.75) is 6.54 Å². The third kappa shape index (κ3) is 3.02. The summed E-state index contributed by atoms with van der Waals surface area (Å²) in [5.41, 5.74) is 1.95. The zero-order chi connectivity index (χ0) is 14.5. The number of benzene rings is 2. The lowest BCUT2D eigenvalue weighted by Gasteiger charge is -2.07. The van der Waals surface area contributed by atoms with Crippen LogP contribution in [0.1, 0.15) is 5.56 Å². The number of aromatic nitrogens is 2. The standard InChI is InChI=1S/C16H15N3O2/c1-20-14-10-6-5-9-13(14)11-17-16-18-15(19-21-16)12-7-3-2-4-8-12/h2-10H,11H2,1H3,(H,17,18,19). The average molecular weight is 281 g/mol. The molecule has 0 saturated carbocycles. The first-order valence-electron chi connectivity index (χ1n) is 6.62. The van der Waals surface area contributed by atoms with Crippen LogP contribution in [-0.2, 0) is 6.54 Å². The van der Waals surface area contributed by atoms with Gasteiger partial charge in [0.25, 0.3) is 0 Å². The van der Waals surface area contributed by atoms with E-state index in [1.807, 2.05) is 54.6 Å². The Morgan fingerprint density at radius 2 is 1.81 bits per heavy atom. The molecule has 0 aliphatic heterocycles. The van der Waals surface area contributed by atoms with Crippen LogP contribution in [0.3, 0.4) is 0 Å². The number of anilines is 1. The molecule has 21 heavy (non-hydrogen) atoms. The molecule has 0 fully saturated rings. The van der Waals surface area contributed by atoms with Crippen LogP contribution < -0.4 is 10.1 Å². The van der Waals surface area contributed by atoms with Crippen molar-refractivity contribution in [3.05, 3.63) is 60.2 Å². The maximum absolute atomic E-state index is 5.30. The number of nitrogens with zero attached hydrogens (tertiary/aromatic N) is 2. The molecule has 5 heteroatoms. The minimum absolute atomic E-state index is 0.389. The van der Waals surface area contributed by atoms with Gasteiger partial charge in [-0.2, -0.15) is 4.98 Å². The molecule has 0 atom stereocenters. The number of ether oxygens (including phenoxy) is 1. The summed E-state index contributed by atoms with van der Waals surface area (Å²) < 4.78 is 10.5. The van der Waals surface area contributed by atoms with Crippen molar-refractivity contribution in [3.8, 4) is 17.1 Å². The first kappa shape index (κ1) is 13.2. The summed E-state index contributed by atoms with van der Waals surface area (Å²) in [5, 5.41) is 7.07. The molecular formula is C16H15N3O2. The van der Waals surface area contributed by atoms with E-state index in [-0.39, 0.29) is 0 Å². The Bertz CT molecular complexity index is 710. The van der Waals surface area contributed by atoms with E-state index < -0.39 is 0 Å². The van der Waals surface area contributed by atoms with Crippen LogP contribution in [0.15, 0.2) is 59.1 Å². The molecule has 2 aromatic carbocycles. The van der Waals surface area contributed by atoms with E-state index in [4.69, 9.17) is 9.26 Å². The van der Waals surface area contributed by atoms with E-state index in [9.17, 15) is 0 Å². The van der Waals surface area contributed by atoms with Crippen molar-refractivity contribution >= 4 is 6.01 Å². The average Bonchev–Trinajstić information content (AvgIpc) is 3.03. The van der Waals surface area contributed by atoms with Gasteiger partial charge < -0.3 is 14.6 Å². The highest BCUT2D eigenvalue weighted by Gasteiger charge is 2.08. The van der Waals surface area contributed by atoms with E-state index >= 15 is 0 Å². The quantitative estimate of drug-likeness (QED) is 0.777. The highest BCUT2D eigenvalue weighted by Crippen LogP contribution is 2.20. The topological polar surface area (TPSA) is 60.2 Å². The largest absolute Gasteiger partial charge is 0.496 e. The van der Waals surface area contributed by atoms with Gasteiger partial charge in [0.05, 0.1) is 7.11 Å². The van der Waals surface area contributed by atoms with Gasteiger partial charge in [0.2, 0.25) is 5.82 Å². The molecule has 0 aliphatic carbocycles. The van der Waals surface area contributed by atoms with Crippen LogP contribution in [-0.4, -0.2) is 17.3 Å². The molecule has 106 valence electrons. The zero-order valence-corrected chi connectivity index (χ0v) is 11.6. The van der Waals surface area contributed by atoms with Gasteiger partial charge in [0.1, 0.15) is 5.75 Å². The smallest absolute Gasteiger partial charge is 0.322 e. The molecule has 1 aromatic heterocycles. The SMILES string of the molecule is COc1ccccc1CNc1nc(-c2ccccc2)no1. The number of hydrogen-bond donors (Lipinski definition) is 1. The molecule has 3 rings (SSSR count). The number of nitrogens with one attached hydrogen (secondary N) is 1. The number of methoxy groups -OCH3 is 1. The third-order valence-corrected chi connectivity index (χ3v) is 3.08. The molecular weight excluding hydrogens is 266 g/mol. The van der Waals surface area contributed by atoms with Crippen LogP contribution in [0.2, 0.25) is 0 Å². The first-order chi connectivity index (χ1) is 10.4. The molecule has 0 aliphatic rings. The highest BCUT2D eigenvalue weighted by atomic mass is 16.5. The molecule has 1 heterocycles. The van der Waals surface area contributed by atoms with Gasteiger partial charge in [-0.1, -0.05) is 53.7 Å². The van der Waals surface area contributed by atoms with Gasteiger partial charge in [-0.25, -0.2) is 0 Å². The van der Waals surface area contributed by atoms with Crippen LogP contribution in [0.5, 0.6) is 5.75 Å². The third-order valence-electron chi connectivity index (χ3n) is 3.08. The van der Waals surface area contributed by atoms with E-state index in [0.29, 0.717) is 18.4 Å². The normalized spacial score (nSPS) is 10.3. The fraction of sp³-hybridized carbons (Fsp3) is 0.125. The Kier molecular flexibility index (Phi) is 3.82. The lowest BCUT2D eigenvalue weighted by molar-refractivity contribution is 0.409. The molecule has 0 unspecified atom stereocenters. The lowest BCUT2D eigenvalue weighted by Crippen LogP contribution is -2.01. The van der Waals surface area contributed by atoms with Crippen molar-refractivity contribution in [1.29, 1.82) is 0 Å². The zero-order valence-electron chi connectivity index (χ0n) is 11.6. The first-order valence-corrected chi connectivity index (χ1v) is 6.62. The molecule has 0 amide bonds. The second-order valence-corrected chi connectivity index (χ2v) is 4.45. The van der Waals surface area contributed by atoms with Gasteiger partial charge >= 0.3 is 6.01 Å². The van der Waals surface area contributed by atoms with Crippen LogP contribution >= 0.6 is 0 Å².